The van der Waals surface area contributed by atoms with Crippen LogP contribution >= 0.6 is 11.3 Å². The number of allylic oxidation sites excluding steroid dienone is 1. The first-order chi connectivity index (χ1) is 19.7. The van der Waals surface area contributed by atoms with Crippen LogP contribution in [0.2, 0.25) is 0 Å². The van der Waals surface area contributed by atoms with Crippen LogP contribution in [0.25, 0.3) is 17.4 Å². The smallest absolute Gasteiger partial charge is 0.338 e. The van der Waals surface area contributed by atoms with Gasteiger partial charge in [-0.1, -0.05) is 23.5 Å². The summed E-state index contributed by atoms with van der Waals surface area (Å²) in [7, 11) is 3.00. The maximum atomic E-state index is 13.8. The molecule has 3 heterocycles. The molecule has 0 amide bonds. The third-order valence-electron chi connectivity index (χ3n) is 6.49. The van der Waals surface area contributed by atoms with Gasteiger partial charge in [-0.15, -0.1) is 0 Å². The number of thiazole rings is 1. The predicted octanol–water partition coefficient (Wildman–Crippen LogP) is 3.98. The van der Waals surface area contributed by atoms with E-state index in [2.05, 4.69) is 4.99 Å². The van der Waals surface area contributed by atoms with Gasteiger partial charge in [-0.3, -0.25) is 19.5 Å². The number of nitro benzene ring substituents is 1. The van der Waals surface area contributed by atoms with Crippen molar-refractivity contribution in [3.63, 3.8) is 0 Å². The van der Waals surface area contributed by atoms with Crippen LogP contribution in [0.3, 0.4) is 0 Å². The average molecular weight is 576 g/mol. The quantitative estimate of drug-likeness (QED) is 0.175. The third-order valence-corrected chi connectivity index (χ3v) is 7.47. The van der Waals surface area contributed by atoms with Gasteiger partial charge in [0.1, 0.15) is 23.0 Å². The Balaban J connectivity index is 1.64. The number of benzene rings is 2. The molecule has 1 atom stereocenters. The van der Waals surface area contributed by atoms with Crippen molar-refractivity contribution in [1.29, 1.82) is 0 Å². The first-order valence-electron chi connectivity index (χ1n) is 12.5. The topological polar surface area (TPSA) is 135 Å². The van der Waals surface area contributed by atoms with E-state index in [-0.39, 0.29) is 23.4 Å². The Morgan fingerprint density at radius 2 is 1.98 bits per heavy atom. The Hall–Kier alpha value is -4.97. The van der Waals surface area contributed by atoms with E-state index < -0.39 is 16.9 Å². The molecule has 0 spiro atoms. The Kier molecular flexibility index (Phi) is 7.58. The number of nitro groups is 1. The van der Waals surface area contributed by atoms with Crippen molar-refractivity contribution < 1.29 is 28.3 Å². The van der Waals surface area contributed by atoms with E-state index in [9.17, 15) is 19.7 Å². The highest BCUT2D eigenvalue weighted by Gasteiger charge is 2.33. The highest BCUT2D eigenvalue weighted by molar-refractivity contribution is 7.07. The summed E-state index contributed by atoms with van der Waals surface area (Å²) in [4.78, 5) is 42.7. The SMILES string of the molecule is CCOC(=O)C1=C(C)N=c2s/c(=C/c3ccc(-c4cc([N+](=O)[O-])ccc4OC)o3)c(=O)n2[C@H]1c1cccc(OC)c1. The molecule has 4 aromatic rings. The summed E-state index contributed by atoms with van der Waals surface area (Å²) in [5, 5.41) is 11.3. The van der Waals surface area contributed by atoms with Crippen LogP contribution in [0, 0.1) is 10.1 Å². The molecule has 0 radical (unpaired) electrons. The maximum absolute atomic E-state index is 13.8. The minimum absolute atomic E-state index is 0.114. The van der Waals surface area contributed by atoms with Crippen LogP contribution in [-0.4, -0.2) is 36.3 Å². The van der Waals surface area contributed by atoms with E-state index in [0.29, 0.717) is 49.2 Å². The normalized spacial score (nSPS) is 14.8. The maximum Gasteiger partial charge on any atom is 0.338 e. The first kappa shape index (κ1) is 27.6. The van der Waals surface area contributed by atoms with Crippen LogP contribution in [-0.2, 0) is 9.53 Å². The van der Waals surface area contributed by atoms with Gasteiger partial charge in [0.15, 0.2) is 4.80 Å². The molecule has 12 heteroatoms. The number of carbonyl (C=O) groups excluding carboxylic acids is 1. The summed E-state index contributed by atoms with van der Waals surface area (Å²) in [6, 6.07) is 13.9. The molecule has 0 aliphatic carbocycles. The Labute approximate surface area is 237 Å². The number of fused-ring (bicyclic) bond motifs is 1. The number of aromatic nitrogens is 1. The molecule has 2 aromatic heterocycles. The number of hydrogen-bond donors (Lipinski definition) is 0. The number of nitrogens with zero attached hydrogens (tertiary/aromatic N) is 3. The molecule has 0 bridgehead atoms. The van der Waals surface area contributed by atoms with E-state index in [0.717, 1.165) is 11.3 Å². The fourth-order valence-corrected chi connectivity index (χ4v) is 5.65. The molecule has 0 fully saturated rings. The second-order valence-electron chi connectivity index (χ2n) is 8.92. The Bertz CT molecular complexity index is 1880. The highest BCUT2D eigenvalue weighted by atomic mass is 32.1. The number of carbonyl (C=O) groups is 1. The van der Waals surface area contributed by atoms with Crippen LogP contribution in [0.5, 0.6) is 11.5 Å². The summed E-state index contributed by atoms with van der Waals surface area (Å²) in [5.41, 5.74) is 1.28. The van der Waals surface area contributed by atoms with Crippen LogP contribution in [0.4, 0.5) is 5.69 Å². The number of esters is 1. The summed E-state index contributed by atoms with van der Waals surface area (Å²) in [6.45, 7) is 3.59. The molecule has 0 N–H and O–H groups in total. The Morgan fingerprint density at radius 1 is 1.17 bits per heavy atom. The predicted molar refractivity (Wildman–Crippen MR) is 151 cm³/mol. The molecule has 0 saturated carbocycles. The number of ether oxygens (including phenoxy) is 3. The lowest BCUT2D eigenvalue weighted by Crippen LogP contribution is -2.39. The number of hydrogen-bond acceptors (Lipinski definition) is 10. The van der Waals surface area contributed by atoms with Crippen LogP contribution < -0.4 is 24.4 Å². The number of rotatable bonds is 8. The van der Waals surface area contributed by atoms with Crippen LogP contribution in [0.15, 0.2) is 80.1 Å². The number of non-ortho nitro benzene ring substituents is 1. The van der Waals surface area contributed by atoms with E-state index in [4.69, 9.17) is 18.6 Å². The minimum atomic E-state index is -0.788. The largest absolute Gasteiger partial charge is 0.497 e. The van der Waals surface area contributed by atoms with Crippen molar-refractivity contribution in [2.24, 2.45) is 4.99 Å². The third kappa shape index (κ3) is 5.16. The molecule has 41 heavy (non-hydrogen) atoms. The monoisotopic (exact) mass is 575 g/mol. The second-order valence-corrected chi connectivity index (χ2v) is 9.93. The van der Waals surface area contributed by atoms with Gasteiger partial charge in [-0.05, 0) is 49.7 Å². The molecule has 5 rings (SSSR count). The molecule has 2 aromatic carbocycles. The molecule has 1 aliphatic heterocycles. The lowest BCUT2D eigenvalue weighted by molar-refractivity contribution is -0.384. The van der Waals surface area contributed by atoms with Crippen molar-refractivity contribution in [2.75, 3.05) is 20.8 Å². The van der Waals surface area contributed by atoms with Gasteiger partial charge in [0, 0.05) is 18.2 Å². The van der Waals surface area contributed by atoms with Gasteiger partial charge in [-0.2, -0.15) is 0 Å². The molecule has 1 aliphatic rings. The van der Waals surface area contributed by atoms with Gasteiger partial charge in [0.2, 0.25) is 0 Å². The zero-order valence-electron chi connectivity index (χ0n) is 22.6. The molecule has 11 nitrogen and oxygen atoms in total. The van der Waals surface area contributed by atoms with E-state index in [1.807, 2.05) is 6.07 Å². The van der Waals surface area contributed by atoms with Gasteiger partial charge >= 0.3 is 5.97 Å². The first-order valence-corrected chi connectivity index (χ1v) is 13.3. The second kappa shape index (κ2) is 11.3. The van der Waals surface area contributed by atoms with Crippen molar-refractivity contribution in [2.45, 2.75) is 19.9 Å². The zero-order chi connectivity index (χ0) is 29.3. The van der Waals surface area contributed by atoms with E-state index >= 15 is 0 Å². The summed E-state index contributed by atoms with van der Waals surface area (Å²) in [5.74, 6) is 1.09. The zero-order valence-corrected chi connectivity index (χ0v) is 23.4. The molecule has 0 unspecified atom stereocenters. The average Bonchev–Trinajstić information content (AvgIpc) is 3.56. The van der Waals surface area contributed by atoms with Crippen LogP contribution in [0.1, 0.15) is 31.2 Å². The summed E-state index contributed by atoms with van der Waals surface area (Å²) >= 11 is 1.15. The van der Waals surface area contributed by atoms with E-state index in [1.165, 1.54) is 29.9 Å². The van der Waals surface area contributed by atoms with Crippen molar-refractivity contribution in [1.82, 2.24) is 4.57 Å². The van der Waals surface area contributed by atoms with Gasteiger partial charge in [0.25, 0.3) is 11.2 Å². The van der Waals surface area contributed by atoms with Gasteiger partial charge in [0.05, 0.1) is 53.2 Å². The highest BCUT2D eigenvalue weighted by Crippen LogP contribution is 2.35. The molecule has 0 saturated heterocycles. The Morgan fingerprint density at radius 3 is 2.68 bits per heavy atom. The lowest BCUT2D eigenvalue weighted by atomic mass is 9.95. The number of furan rings is 1. The summed E-state index contributed by atoms with van der Waals surface area (Å²) in [6.07, 6.45) is 1.57. The summed E-state index contributed by atoms with van der Waals surface area (Å²) < 4.78 is 23.8. The molecular weight excluding hydrogens is 550 g/mol. The van der Waals surface area contributed by atoms with Gasteiger partial charge < -0.3 is 18.6 Å². The lowest BCUT2D eigenvalue weighted by Gasteiger charge is -2.24. The molecule has 210 valence electrons. The van der Waals surface area contributed by atoms with Crippen molar-refractivity contribution in [3.05, 3.63) is 107 Å². The minimum Gasteiger partial charge on any atom is -0.497 e. The fourth-order valence-electron chi connectivity index (χ4n) is 4.62. The fraction of sp³-hybridized carbons (Fsp3) is 0.207. The standard InChI is InChI=1S/C29H25N3O8S/c1-5-39-28(34)25-16(2)30-29-31(26(25)17-7-6-8-19(13-17)37-3)27(33)24(41-29)15-20-10-12-23(40-20)21-14-18(32(35)36)9-11-22(21)38-4/h6-15,26H,5H2,1-4H3/b24-15+/t26-/m0/s1. The van der Waals surface area contributed by atoms with E-state index in [1.54, 1.807) is 57.4 Å². The number of methoxy groups -OCH3 is 2. The van der Waals surface area contributed by atoms with Crippen molar-refractivity contribution >= 4 is 29.1 Å². The van der Waals surface area contributed by atoms with Gasteiger partial charge in [-0.25, -0.2) is 9.79 Å². The molecular formula is C29H25N3O8S. The van der Waals surface area contributed by atoms with Crippen molar-refractivity contribution in [3.8, 4) is 22.8 Å².